The molecule has 0 aliphatic carbocycles. The van der Waals surface area contributed by atoms with Gasteiger partial charge in [-0.1, -0.05) is 36.4 Å². The van der Waals surface area contributed by atoms with Gasteiger partial charge in [0.05, 0.1) is 0 Å². The Hall–Kier alpha value is -2.63. The minimum Gasteiger partial charge on any atom is -0.358 e. The third-order valence-corrected chi connectivity index (χ3v) is 5.83. The van der Waals surface area contributed by atoms with Gasteiger partial charge in [0.1, 0.15) is 0 Å². The third kappa shape index (κ3) is 3.96. The van der Waals surface area contributed by atoms with Gasteiger partial charge >= 0.3 is 0 Å². The zero-order valence-electron chi connectivity index (χ0n) is 16.3. The van der Waals surface area contributed by atoms with Crippen molar-refractivity contribution < 1.29 is 10.0 Å². The number of amides is 1. The molecule has 0 atom stereocenters. The van der Waals surface area contributed by atoms with Crippen LogP contribution in [0.2, 0.25) is 0 Å². The van der Waals surface area contributed by atoms with Crippen molar-refractivity contribution in [3.8, 4) is 0 Å². The second-order valence-electron chi connectivity index (χ2n) is 7.69. The van der Waals surface area contributed by atoms with Crippen LogP contribution in [0.3, 0.4) is 0 Å². The highest BCUT2D eigenvalue weighted by atomic mass is 16.5. The number of hydroxylamine groups is 1. The lowest BCUT2D eigenvalue weighted by Crippen LogP contribution is -2.32. The first-order valence-corrected chi connectivity index (χ1v) is 9.96. The minimum atomic E-state index is -0.339. The van der Waals surface area contributed by atoms with Gasteiger partial charge in [-0.3, -0.25) is 14.9 Å². The van der Waals surface area contributed by atoms with Crippen molar-refractivity contribution >= 4 is 16.8 Å². The first-order chi connectivity index (χ1) is 13.6. The number of nitrogens with one attached hydrogen (secondary N) is 2. The number of fused-ring (bicyclic) bond motifs is 2. The van der Waals surface area contributed by atoms with Gasteiger partial charge in [-0.25, -0.2) is 5.48 Å². The largest absolute Gasteiger partial charge is 0.358 e. The molecule has 3 aromatic rings. The molecule has 3 N–H and O–H groups in total. The summed E-state index contributed by atoms with van der Waals surface area (Å²) in [6, 6.07) is 15.1. The number of H-pyrrole nitrogens is 1. The van der Waals surface area contributed by atoms with E-state index in [1.807, 2.05) is 0 Å². The first-order valence-electron chi connectivity index (χ1n) is 9.96. The Labute approximate surface area is 165 Å². The summed E-state index contributed by atoms with van der Waals surface area (Å²) in [6.07, 6.45) is 3.06. The lowest BCUT2D eigenvalue weighted by Gasteiger charge is -2.29. The first kappa shape index (κ1) is 18.7. The quantitative estimate of drug-likeness (QED) is 0.455. The van der Waals surface area contributed by atoms with E-state index in [4.69, 9.17) is 5.21 Å². The molecule has 4 rings (SSSR count). The number of hydrogen-bond acceptors (Lipinski definition) is 3. The Kier molecular flexibility index (Phi) is 5.46. The summed E-state index contributed by atoms with van der Waals surface area (Å²) < 4.78 is 0. The van der Waals surface area contributed by atoms with Crippen LogP contribution in [0.25, 0.3) is 10.9 Å². The van der Waals surface area contributed by atoms with E-state index in [0.717, 1.165) is 38.0 Å². The second-order valence-corrected chi connectivity index (χ2v) is 7.69. The van der Waals surface area contributed by atoms with Crippen LogP contribution in [0.5, 0.6) is 0 Å². The maximum absolute atomic E-state index is 11.3. The van der Waals surface area contributed by atoms with Crippen LogP contribution in [0.1, 0.15) is 34.4 Å². The molecule has 1 aliphatic rings. The summed E-state index contributed by atoms with van der Waals surface area (Å²) in [4.78, 5) is 17.3. The van der Waals surface area contributed by atoms with Crippen LogP contribution in [-0.2, 0) is 30.6 Å². The fraction of sp³-hybridized carbons (Fsp3) is 0.348. The van der Waals surface area contributed by atoms with Crippen LogP contribution in [0.15, 0.2) is 42.5 Å². The second kappa shape index (κ2) is 8.17. The lowest BCUT2D eigenvalue weighted by atomic mass is 9.95. The lowest BCUT2D eigenvalue weighted by molar-refractivity contribution is -0.129. The molecule has 0 radical (unpaired) electrons. The number of aromatic amines is 1. The number of aromatic nitrogens is 1. The Bertz CT molecular complexity index is 993. The monoisotopic (exact) mass is 377 g/mol. The summed E-state index contributed by atoms with van der Waals surface area (Å²) in [5.74, 6) is -0.339. The summed E-state index contributed by atoms with van der Waals surface area (Å²) in [7, 11) is 0. The number of carbonyl (C=O) groups excluding carboxylic acids is 1. The fourth-order valence-electron chi connectivity index (χ4n) is 4.26. The zero-order chi connectivity index (χ0) is 19.5. The molecular formula is C23H27N3O2. The van der Waals surface area contributed by atoms with Crippen molar-refractivity contribution in [2.75, 3.05) is 13.1 Å². The number of carbonyl (C=O) groups is 1. The average Bonchev–Trinajstić information content (AvgIpc) is 3.05. The molecule has 0 unspecified atom stereocenters. The molecule has 0 bridgehead atoms. The SMILES string of the molecule is Cc1[nH]c2ccccc2c1CCN1CCc2ccc(CCC(=O)NO)cc2C1. The molecule has 5 heteroatoms. The fourth-order valence-corrected chi connectivity index (χ4v) is 4.26. The maximum Gasteiger partial charge on any atom is 0.243 e. The molecule has 1 aromatic heterocycles. The van der Waals surface area contributed by atoms with Crippen LogP contribution >= 0.6 is 0 Å². The van der Waals surface area contributed by atoms with E-state index < -0.39 is 0 Å². The van der Waals surface area contributed by atoms with E-state index in [1.165, 1.54) is 33.3 Å². The Balaban J connectivity index is 1.42. The molecule has 1 amide bonds. The van der Waals surface area contributed by atoms with Gasteiger partial charge in [-0.05, 0) is 54.5 Å². The van der Waals surface area contributed by atoms with E-state index in [2.05, 4.69) is 59.3 Å². The third-order valence-electron chi connectivity index (χ3n) is 5.83. The Morgan fingerprint density at radius 1 is 1.18 bits per heavy atom. The van der Waals surface area contributed by atoms with Crippen molar-refractivity contribution in [3.63, 3.8) is 0 Å². The molecule has 1 aliphatic heterocycles. The number of benzene rings is 2. The Morgan fingerprint density at radius 3 is 2.89 bits per heavy atom. The highest BCUT2D eigenvalue weighted by Crippen LogP contribution is 2.25. The standard InChI is InChI=1S/C23H27N3O2/c1-16-20(21-4-2-3-5-22(21)24-16)11-13-26-12-10-18-8-6-17(14-19(18)15-26)7-9-23(27)25-28/h2-6,8,14,24,28H,7,9-13,15H2,1H3,(H,25,27). The molecule has 28 heavy (non-hydrogen) atoms. The molecule has 0 spiro atoms. The van der Waals surface area contributed by atoms with Crippen molar-refractivity contribution in [3.05, 3.63) is 70.4 Å². The number of hydrogen-bond donors (Lipinski definition) is 3. The molecule has 2 heterocycles. The van der Waals surface area contributed by atoms with E-state index in [1.54, 1.807) is 5.48 Å². The van der Waals surface area contributed by atoms with E-state index >= 15 is 0 Å². The molecule has 0 saturated heterocycles. The van der Waals surface area contributed by atoms with Crippen LogP contribution in [0, 0.1) is 6.92 Å². The van der Waals surface area contributed by atoms with Gasteiger partial charge in [-0.15, -0.1) is 0 Å². The van der Waals surface area contributed by atoms with Gasteiger partial charge in [0, 0.05) is 42.7 Å². The maximum atomic E-state index is 11.3. The molecule has 5 nitrogen and oxygen atoms in total. The minimum absolute atomic E-state index is 0.304. The number of para-hydroxylation sites is 1. The predicted molar refractivity (Wildman–Crippen MR) is 110 cm³/mol. The number of rotatable bonds is 6. The molecule has 0 fully saturated rings. The normalized spacial score (nSPS) is 14.2. The van der Waals surface area contributed by atoms with Crippen LogP contribution in [0.4, 0.5) is 0 Å². The van der Waals surface area contributed by atoms with Crippen LogP contribution in [-0.4, -0.2) is 34.1 Å². The number of aryl methyl sites for hydroxylation is 2. The van der Waals surface area contributed by atoms with Crippen molar-refractivity contribution in [1.29, 1.82) is 0 Å². The summed E-state index contributed by atoms with van der Waals surface area (Å²) in [5.41, 5.74) is 9.53. The number of nitrogens with zero attached hydrogens (tertiary/aromatic N) is 1. The van der Waals surface area contributed by atoms with Gasteiger partial charge in [0.15, 0.2) is 0 Å². The molecule has 0 saturated carbocycles. The average molecular weight is 377 g/mol. The van der Waals surface area contributed by atoms with Crippen LogP contribution < -0.4 is 5.48 Å². The van der Waals surface area contributed by atoms with Crippen molar-refractivity contribution in [2.45, 2.75) is 39.2 Å². The summed E-state index contributed by atoms with van der Waals surface area (Å²) in [6.45, 7) is 5.24. The summed E-state index contributed by atoms with van der Waals surface area (Å²) in [5, 5.41) is 9.99. The van der Waals surface area contributed by atoms with Gasteiger partial charge in [-0.2, -0.15) is 0 Å². The molecular weight excluding hydrogens is 350 g/mol. The van der Waals surface area contributed by atoms with Gasteiger partial charge < -0.3 is 4.98 Å². The summed E-state index contributed by atoms with van der Waals surface area (Å²) >= 11 is 0. The highest BCUT2D eigenvalue weighted by molar-refractivity contribution is 5.84. The van der Waals surface area contributed by atoms with E-state index in [0.29, 0.717) is 12.8 Å². The smallest absolute Gasteiger partial charge is 0.243 e. The predicted octanol–water partition coefficient (Wildman–Crippen LogP) is 3.52. The van der Waals surface area contributed by atoms with Crippen molar-refractivity contribution in [2.24, 2.45) is 0 Å². The van der Waals surface area contributed by atoms with Gasteiger partial charge in [0.25, 0.3) is 0 Å². The van der Waals surface area contributed by atoms with Crippen molar-refractivity contribution in [1.82, 2.24) is 15.4 Å². The van der Waals surface area contributed by atoms with Gasteiger partial charge in [0.2, 0.25) is 5.91 Å². The Morgan fingerprint density at radius 2 is 2.04 bits per heavy atom. The van der Waals surface area contributed by atoms with E-state index in [9.17, 15) is 4.79 Å². The van der Waals surface area contributed by atoms with E-state index in [-0.39, 0.29) is 5.91 Å². The molecule has 2 aromatic carbocycles. The zero-order valence-corrected chi connectivity index (χ0v) is 16.3. The highest BCUT2D eigenvalue weighted by Gasteiger charge is 2.18. The molecule has 146 valence electrons. The topological polar surface area (TPSA) is 68.4 Å².